The van der Waals surface area contributed by atoms with E-state index in [-0.39, 0.29) is 12.3 Å². The number of ether oxygens (including phenoxy) is 1. The molecule has 6 nitrogen and oxygen atoms in total. The Hall–Kier alpha value is -3.23. The van der Waals surface area contributed by atoms with Gasteiger partial charge in [0.05, 0.1) is 24.3 Å². The van der Waals surface area contributed by atoms with Crippen LogP contribution in [0.4, 0.5) is 5.69 Å². The van der Waals surface area contributed by atoms with Gasteiger partial charge in [-0.3, -0.25) is 9.36 Å². The van der Waals surface area contributed by atoms with Gasteiger partial charge in [-0.1, -0.05) is 18.2 Å². The summed E-state index contributed by atoms with van der Waals surface area (Å²) in [6.45, 7) is 2.54. The van der Waals surface area contributed by atoms with Crippen LogP contribution in [0.25, 0.3) is 16.3 Å². The Balaban J connectivity index is 1.46. The van der Waals surface area contributed by atoms with Crippen molar-refractivity contribution < 1.29 is 9.53 Å². The summed E-state index contributed by atoms with van der Waals surface area (Å²) in [5, 5.41) is 5.68. The van der Waals surface area contributed by atoms with Crippen molar-refractivity contribution in [1.82, 2.24) is 14.5 Å². The first-order valence-electron chi connectivity index (χ1n) is 9.47. The number of nitrogens with zero attached hydrogens (tertiary/aromatic N) is 2. The van der Waals surface area contributed by atoms with Crippen LogP contribution >= 0.6 is 23.6 Å². The zero-order chi connectivity index (χ0) is 20.9. The van der Waals surface area contributed by atoms with Gasteiger partial charge in [0, 0.05) is 29.1 Å². The Kier molecular flexibility index (Phi) is 6.06. The van der Waals surface area contributed by atoms with Crippen LogP contribution in [0, 0.1) is 4.77 Å². The number of thiazole rings is 1. The lowest BCUT2D eigenvalue weighted by atomic mass is 10.2. The molecule has 0 bridgehead atoms. The lowest BCUT2D eigenvalue weighted by Crippen LogP contribution is -2.14. The van der Waals surface area contributed by atoms with Gasteiger partial charge in [-0.25, -0.2) is 4.98 Å². The molecule has 0 radical (unpaired) electrons. The van der Waals surface area contributed by atoms with Crippen molar-refractivity contribution in [2.75, 3.05) is 11.9 Å². The van der Waals surface area contributed by atoms with Gasteiger partial charge in [0.15, 0.2) is 4.77 Å². The summed E-state index contributed by atoms with van der Waals surface area (Å²) in [7, 11) is 0. The van der Waals surface area contributed by atoms with Crippen LogP contribution in [-0.4, -0.2) is 27.0 Å². The number of aromatic nitrogens is 3. The first-order chi connectivity index (χ1) is 14.6. The fraction of sp³-hybridized carbons (Fsp3) is 0.136. The number of nitrogens with one attached hydrogen (secondary N) is 2. The molecule has 4 aromatic rings. The lowest BCUT2D eigenvalue weighted by Gasteiger charge is -2.08. The second kappa shape index (κ2) is 9.06. The first-order valence-corrected chi connectivity index (χ1v) is 10.8. The molecule has 2 aromatic heterocycles. The molecule has 0 unspecified atom stereocenters. The van der Waals surface area contributed by atoms with Crippen LogP contribution in [-0.2, 0) is 11.2 Å². The third-order valence-corrected chi connectivity index (χ3v) is 5.61. The summed E-state index contributed by atoms with van der Waals surface area (Å²) >= 11 is 6.76. The molecule has 0 aliphatic rings. The SMILES string of the molecule is CCOc1ccccc1-c1nc(CC(=O)Nc2cccc(-n3cc[nH]c3=S)c2)cs1. The maximum atomic E-state index is 12.6. The maximum absolute atomic E-state index is 12.6. The molecule has 0 fully saturated rings. The number of hydrogen-bond acceptors (Lipinski definition) is 5. The van der Waals surface area contributed by atoms with Crippen molar-refractivity contribution >= 4 is 35.1 Å². The predicted octanol–water partition coefficient (Wildman–Crippen LogP) is 5.24. The molecule has 0 saturated carbocycles. The third kappa shape index (κ3) is 4.50. The molecular formula is C22H20N4O2S2. The average molecular weight is 437 g/mol. The Labute approximate surface area is 183 Å². The Bertz CT molecular complexity index is 1230. The number of amides is 1. The zero-order valence-corrected chi connectivity index (χ0v) is 17.9. The highest BCUT2D eigenvalue weighted by Gasteiger charge is 2.13. The molecule has 30 heavy (non-hydrogen) atoms. The summed E-state index contributed by atoms with van der Waals surface area (Å²) in [6, 6.07) is 15.3. The predicted molar refractivity (Wildman–Crippen MR) is 122 cm³/mol. The number of benzene rings is 2. The van der Waals surface area contributed by atoms with E-state index in [0.29, 0.717) is 17.1 Å². The van der Waals surface area contributed by atoms with E-state index >= 15 is 0 Å². The molecule has 0 spiro atoms. The molecule has 152 valence electrons. The minimum atomic E-state index is -0.125. The minimum Gasteiger partial charge on any atom is -0.493 e. The molecule has 0 saturated heterocycles. The lowest BCUT2D eigenvalue weighted by molar-refractivity contribution is -0.115. The summed E-state index contributed by atoms with van der Waals surface area (Å²) in [5.74, 6) is 0.672. The van der Waals surface area contributed by atoms with Gasteiger partial charge in [-0.15, -0.1) is 11.3 Å². The Morgan fingerprint density at radius 1 is 1.27 bits per heavy atom. The monoisotopic (exact) mass is 436 g/mol. The number of imidazole rings is 1. The van der Waals surface area contributed by atoms with Crippen molar-refractivity contribution in [3.8, 4) is 22.0 Å². The normalized spacial score (nSPS) is 10.7. The minimum absolute atomic E-state index is 0.125. The second-order valence-corrected chi connectivity index (χ2v) is 7.73. The van der Waals surface area contributed by atoms with Crippen LogP contribution in [0.3, 0.4) is 0 Å². The van der Waals surface area contributed by atoms with Gasteiger partial charge in [0.1, 0.15) is 10.8 Å². The van der Waals surface area contributed by atoms with Gasteiger partial charge < -0.3 is 15.0 Å². The van der Waals surface area contributed by atoms with E-state index in [1.165, 1.54) is 11.3 Å². The molecule has 0 aliphatic carbocycles. The van der Waals surface area contributed by atoms with E-state index in [1.807, 2.05) is 71.6 Å². The number of anilines is 1. The number of para-hydroxylation sites is 1. The molecule has 2 heterocycles. The average Bonchev–Trinajstić information content (AvgIpc) is 3.38. The highest BCUT2D eigenvalue weighted by Crippen LogP contribution is 2.32. The number of H-pyrrole nitrogens is 1. The molecule has 0 atom stereocenters. The van der Waals surface area contributed by atoms with Crippen molar-refractivity contribution in [2.45, 2.75) is 13.3 Å². The summed E-state index contributed by atoms with van der Waals surface area (Å²) in [4.78, 5) is 20.1. The quantitative estimate of drug-likeness (QED) is 0.389. The Morgan fingerprint density at radius 2 is 2.13 bits per heavy atom. The second-order valence-electron chi connectivity index (χ2n) is 6.48. The Morgan fingerprint density at radius 3 is 2.93 bits per heavy atom. The van der Waals surface area contributed by atoms with Gasteiger partial charge in [0.2, 0.25) is 5.91 Å². The molecule has 8 heteroatoms. The number of carbonyl (C=O) groups excluding carboxylic acids is 1. The molecule has 2 N–H and O–H groups in total. The molecule has 2 aromatic carbocycles. The first kappa shape index (κ1) is 20.1. The molecular weight excluding hydrogens is 416 g/mol. The van der Waals surface area contributed by atoms with Crippen molar-refractivity contribution in [2.24, 2.45) is 0 Å². The van der Waals surface area contributed by atoms with Gasteiger partial charge in [-0.05, 0) is 49.5 Å². The van der Waals surface area contributed by atoms with E-state index in [0.717, 1.165) is 27.7 Å². The largest absolute Gasteiger partial charge is 0.493 e. The van der Waals surface area contributed by atoms with Crippen LogP contribution in [0.1, 0.15) is 12.6 Å². The molecule has 4 rings (SSSR count). The fourth-order valence-corrected chi connectivity index (χ4v) is 4.15. The summed E-state index contributed by atoms with van der Waals surface area (Å²) in [5.41, 5.74) is 3.25. The number of carbonyl (C=O) groups is 1. The maximum Gasteiger partial charge on any atom is 0.230 e. The van der Waals surface area contributed by atoms with Crippen LogP contribution in [0.5, 0.6) is 5.75 Å². The van der Waals surface area contributed by atoms with E-state index in [1.54, 1.807) is 6.20 Å². The van der Waals surface area contributed by atoms with E-state index in [9.17, 15) is 4.79 Å². The zero-order valence-electron chi connectivity index (χ0n) is 16.3. The molecule has 0 aliphatic heterocycles. The van der Waals surface area contributed by atoms with E-state index in [2.05, 4.69) is 15.3 Å². The highest BCUT2D eigenvalue weighted by molar-refractivity contribution is 7.71. The van der Waals surface area contributed by atoms with Crippen molar-refractivity contribution in [3.05, 3.63) is 76.8 Å². The van der Waals surface area contributed by atoms with Crippen LogP contribution < -0.4 is 10.1 Å². The number of rotatable bonds is 7. The standard InChI is InChI=1S/C22H20N4O2S2/c1-2-28-19-9-4-3-8-18(19)21-25-16(14-30-21)13-20(27)24-15-6-5-7-17(12-15)26-11-10-23-22(26)29/h3-12,14H,2,13H2,1H3,(H,23,29)(H,24,27). The summed E-state index contributed by atoms with van der Waals surface area (Å²) < 4.78 is 8.13. The van der Waals surface area contributed by atoms with Crippen molar-refractivity contribution in [3.63, 3.8) is 0 Å². The fourth-order valence-electron chi connectivity index (χ4n) is 3.06. The van der Waals surface area contributed by atoms with Gasteiger partial charge in [0.25, 0.3) is 0 Å². The number of aromatic amines is 1. The van der Waals surface area contributed by atoms with E-state index in [4.69, 9.17) is 17.0 Å². The number of hydrogen-bond donors (Lipinski definition) is 2. The van der Waals surface area contributed by atoms with Crippen LogP contribution in [0.2, 0.25) is 0 Å². The van der Waals surface area contributed by atoms with Crippen LogP contribution in [0.15, 0.2) is 66.3 Å². The third-order valence-electron chi connectivity index (χ3n) is 4.37. The molecule has 1 amide bonds. The summed E-state index contributed by atoms with van der Waals surface area (Å²) in [6.07, 6.45) is 3.82. The van der Waals surface area contributed by atoms with Gasteiger partial charge >= 0.3 is 0 Å². The highest BCUT2D eigenvalue weighted by atomic mass is 32.1. The smallest absolute Gasteiger partial charge is 0.230 e. The van der Waals surface area contributed by atoms with Gasteiger partial charge in [-0.2, -0.15) is 0 Å². The van der Waals surface area contributed by atoms with E-state index < -0.39 is 0 Å². The topological polar surface area (TPSA) is 71.9 Å². The van der Waals surface area contributed by atoms with Crippen molar-refractivity contribution in [1.29, 1.82) is 0 Å².